The summed E-state index contributed by atoms with van der Waals surface area (Å²) < 4.78 is 0.514. The first-order valence-electron chi connectivity index (χ1n) is 1.95. The van der Waals surface area contributed by atoms with Crippen LogP contribution in [0, 0.1) is 0 Å². The molecule has 0 aromatic heterocycles. The van der Waals surface area contributed by atoms with Crippen molar-refractivity contribution in [3.8, 4) is 0 Å². The molecule has 2 heteroatoms. The molecule has 6 heavy (non-hydrogen) atoms. The van der Waals surface area contributed by atoms with Crippen LogP contribution in [0.3, 0.4) is 0 Å². The van der Waals surface area contributed by atoms with Gasteiger partial charge in [-0.2, -0.15) is 0 Å². The zero-order valence-corrected chi connectivity index (χ0v) is 4.56. The van der Waals surface area contributed by atoms with E-state index in [1.807, 2.05) is 21.1 Å². The molecule has 0 spiro atoms. The molecule has 0 heterocycles. The average Bonchev–Trinajstić information content (AvgIpc) is 1.35. The van der Waals surface area contributed by atoms with E-state index in [-0.39, 0.29) is 6.73 Å². The molecule has 0 aromatic carbocycles. The van der Waals surface area contributed by atoms with Gasteiger partial charge in [0.15, 0.2) is 0 Å². The minimum absolute atomic E-state index is 0.0417. The topological polar surface area (TPSA) is 23.1 Å². The number of hydrogen-bond acceptors (Lipinski definition) is 1. The van der Waals surface area contributed by atoms with Crippen LogP contribution >= 0.6 is 0 Å². The second-order valence-electron chi connectivity index (χ2n) is 2.42. The van der Waals surface area contributed by atoms with E-state index >= 15 is 0 Å². The van der Waals surface area contributed by atoms with Crippen molar-refractivity contribution >= 4 is 0 Å². The molecule has 0 radical (unpaired) electrons. The Bertz CT molecular complexity index is 37.3. The largest absolute Gasteiger partial charge is 0.809 e. The zero-order chi connectivity index (χ0) is 5.21. The molecule has 0 unspecified atom stereocenters. The number of nitrogens with zero attached hydrogens (tertiary/aromatic N) is 1. The van der Waals surface area contributed by atoms with Gasteiger partial charge in [-0.25, -0.2) is 0 Å². The number of hydrogen-bond donors (Lipinski definition) is 0. The summed E-state index contributed by atoms with van der Waals surface area (Å²) in [5.41, 5.74) is 0. The lowest BCUT2D eigenvalue weighted by molar-refractivity contribution is -0.934. The Labute approximate surface area is 38.6 Å². The van der Waals surface area contributed by atoms with Crippen LogP contribution < -0.4 is 5.11 Å². The van der Waals surface area contributed by atoms with Gasteiger partial charge in [-0.05, 0) is 0 Å². The third-order valence-corrected chi connectivity index (χ3v) is 0.387. The van der Waals surface area contributed by atoms with Crippen LogP contribution in [-0.2, 0) is 0 Å². The number of rotatable bonds is 1. The van der Waals surface area contributed by atoms with Gasteiger partial charge in [-0.1, -0.05) is 0 Å². The molecule has 0 saturated carbocycles. The van der Waals surface area contributed by atoms with Crippen molar-refractivity contribution in [1.29, 1.82) is 0 Å². The molecule has 0 aliphatic heterocycles. The highest BCUT2D eigenvalue weighted by molar-refractivity contribution is 3.92. The molecule has 0 saturated heterocycles. The highest BCUT2D eigenvalue weighted by atomic mass is 16.3. The molecule has 0 aromatic rings. The molecule has 0 bridgehead atoms. The molecule has 0 amide bonds. The van der Waals surface area contributed by atoms with Crippen molar-refractivity contribution in [2.45, 2.75) is 0 Å². The van der Waals surface area contributed by atoms with E-state index in [0.29, 0.717) is 4.48 Å². The van der Waals surface area contributed by atoms with Gasteiger partial charge < -0.3 is 9.59 Å². The van der Waals surface area contributed by atoms with Crippen molar-refractivity contribution in [3.63, 3.8) is 0 Å². The molecule has 0 aliphatic rings. The van der Waals surface area contributed by atoms with E-state index in [0.717, 1.165) is 0 Å². The van der Waals surface area contributed by atoms with Gasteiger partial charge in [-0.3, -0.25) is 0 Å². The normalized spacial score (nSPS) is 12.0. The monoisotopic (exact) mass is 89.1 g/mol. The van der Waals surface area contributed by atoms with Crippen LogP contribution in [0.1, 0.15) is 0 Å². The van der Waals surface area contributed by atoms with Crippen molar-refractivity contribution < 1.29 is 9.59 Å². The summed E-state index contributed by atoms with van der Waals surface area (Å²) in [5, 5.41) is 9.92. The van der Waals surface area contributed by atoms with E-state index in [2.05, 4.69) is 0 Å². The van der Waals surface area contributed by atoms with Gasteiger partial charge in [0.2, 0.25) is 0 Å². The van der Waals surface area contributed by atoms with E-state index in [9.17, 15) is 5.11 Å². The maximum absolute atomic E-state index is 9.92. The minimum atomic E-state index is -0.0417. The van der Waals surface area contributed by atoms with E-state index in [4.69, 9.17) is 0 Å². The van der Waals surface area contributed by atoms with E-state index < -0.39 is 0 Å². The first kappa shape index (κ1) is 5.92. The van der Waals surface area contributed by atoms with Crippen LogP contribution in [0.4, 0.5) is 0 Å². The highest BCUT2D eigenvalue weighted by Crippen LogP contribution is 1.78. The van der Waals surface area contributed by atoms with Crippen LogP contribution in [-0.4, -0.2) is 32.4 Å². The van der Waals surface area contributed by atoms with Crippen LogP contribution in [0.15, 0.2) is 0 Å². The fourth-order valence-electron chi connectivity index (χ4n) is 0. The molecular formula is C4H11NO. The van der Waals surface area contributed by atoms with Crippen molar-refractivity contribution in [3.05, 3.63) is 0 Å². The van der Waals surface area contributed by atoms with Gasteiger partial charge in [0.1, 0.15) is 0 Å². The maximum atomic E-state index is 9.92. The first-order valence-corrected chi connectivity index (χ1v) is 1.95. The van der Waals surface area contributed by atoms with Crippen molar-refractivity contribution in [1.82, 2.24) is 0 Å². The fraction of sp³-hybridized carbons (Fsp3) is 1.00. The Balaban J connectivity index is 3.17. The SMILES string of the molecule is C[N+](C)(C)C[O-]. The summed E-state index contributed by atoms with van der Waals surface area (Å²) in [4.78, 5) is 0. The Morgan fingerprint density at radius 2 is 1.50 bits per heavy atom. The lowest BCUT2D eigenvalue weighted by Gasteiger charge is -2.26. The lowest BCUT2D eigenvalue weighted by atomic mass is 10.7. The Hall–Kier alpha value is -0.0800. The van der Waals surface area contributed by atoms with Crippen LogP contribution in [0.5, 0.6) is 0 Å². The smallest absolute Gasteiger partial charge is 0.0667 e. The molecule has 0 aliphatic carbocycles. The van der Waals surface area contributed by atoms with Crippen molar-refractivity contribution in [2.24, 2.45) is 0 Å². The summed E-state index contributed by atoms with van der Waals surface area (Å²) in [6, 6.07) is 0. The quantitative estimate of drug-likeness (QED) is 0.299. The first-order chi connectivity index (χ1) is 2.56. The standard InChI is InChI=1S/C4H11NO/c1-5(2,3)4-6/h4H2,1-3H3. The number of quaternary nitrogens is 1. The van der Waals surface area contributed by atoms with Gasteiger partial charge >= 0.3 is 0 Å². The molecule has 2 nitrogen and oxygen atoms in total. The van der Waals surface area contributed by atoms with Gasteiger partial charge in [0.25, 0.3) is 0 Å². The second-order valence-corrected chi connectivity index (χ2v) is 2.42. The van der Waals surface area contributed by atoms with E-state index in [1.54, 1.807) is 0 Å². The predicted molar refractivity (Wildman–Crippen MR) is 22.9 cm³/mol. The molecular weight excluding hydrogens is 78.0 g/mol. The Morgan fingerprint density at radius 1 is 1.33 bits per heavy atom. The third kappa shape index (κ3) is 3.92. The van der Waals surface area contributed by atoms with Crippen LogP contribution in [0.25, 0.3) is 0 Å². The highest BCUT2D eigenvalue weighted by Gasteiger charge is 1.92. The average molecular weight is 89.1 g/mol. The molecule has 0 N–H and O–H groups in total. The maximum Gasteiger partial charge on any atom is 0.0667 e. The summed E-state index contributed by atoms with van der Waals surface area (Å²) in [5.74, 6) is 0. The summed E-state index contributed by atoms with van der Waals surface area (Å²) in [7, 11) is 5.60. The molecule has 38 valence electrons. The lowest BCUT2D eigenvalue weighted by Crippen LogP contribution is -2.41. The van der Waals surface area contributed by atoms with Gasteiger partial charge in [-0.15, -0.1) is 0 Å². The van der Waals surface area contributed by atoms with Crippen molar-refractivity contribution in [2.75, 3.05) is 27.9 Å². The predicted octanol–water partition coefficient (Wildman–Crippen LogP) is -0.990. The third-order valence-electron chi connectivity index (χ3n) is 0.387. The summed E-state index contributed by atoms with van der Waals surface area (Å²) in [6.45, 7) is -0.0417. The summed E-state index contributed by atoms with van der Waals surface area (Å²) >= 11 is 0. The van der Waals surface area contributed by atoms with Crippen LogP contribution in [0.2, 0.25) is 0 Å². The molecule has 0 rings (SSSR count). The van der Waals surface area contributed by atoms with Gasteiger partial charge in [0.05, 0.1) is 21.1 Å². The Morgan fingerprint density at radius 3 is 1.50 bits per heavy atom. The minimum Gasteiger partial charge on any atom is -0.809 e. The molecule has 0 atom stereocenters. The zero-order valence-electron chi connectivity index (χ0n) is 4.56. The fourth-order valence-corrected chi connectivity index (χ4v) is 0. The summed E-state index contributed by atoms with van der Waals surface area (Å²) in [6.07, 6.45) is 0. The second kappa shape index (κ2) is 1.58. The molecule has 0 fully saturated rings. The van der Waals surface area contributed by atoms with E-state index in [1.165, 1.54) is 0 Å². The Kier molecular flexibility index (Phi) is 1.56. The van der Waals surface area contributed by atoms with Gasteiger partial charge in [0, 0.05) is 6.73 Å².